The topological polar surface area (TPSA) is 92.3 Å². The van der Waals surface area contributed by atoms with Crippen molar-refractivity contribution in [3.05, 3.63) is 48.0 Å². The highest BCUT2D eigenvalue weighted by Gasteiger charge is 2.22. The molecule has 0 atom stereocenters. The van der Waals surface area contributed by atoms with E-state index in [4.69, 9.17) is 0 Å². The highest BCUT2D eigenvalue weighted by Crippen LogP contribution is 2.19. The number of rotatable bonds is 5. The van der Waals surface area contributed by atoms with E-state index in [0.717, 1.165) is 5.69 Å². The van der Waals surface area contributed by atoms with Crippen molar-refractivity contribution in [1.29, 1.82) is 0 Å². The zero-order valence-electron chi connectivity index (χ0n) is 14.0. The molecule has 0 fully saturated rings. The maximum absolute atomic E-state index is 12.4. The molecule has 0 saturated carbocycles. The standard InChI is InChI=1S/C16H20N4O3S/c1-11(2)20(4)24(22,23)14-7-5-13(6-8-14)19-16(21)15-10-17-12(3)9-18-15/h5-11H,1-4H3,(H,19,21). The van der Waals surface area contributed by atoms with Crippen LogP contribution in [0.25, 0.3) is 0 Å². The van der Waals surface area contributed by atoms with Gasteiger partial charge in [0.1, 0.15) is 5.69 Å². The third-order valence-corrected chi connectivity index (χ3v) is 5.58. The average Bonchev–Trinajstić information content (AvgIpc) is 2.55. The number of sulfonamides is 1. The van der Waals surface area contributed by atoms with Gasteiger partial charge in [0, 0.05) is 25.0 Å². The van der Waals surface area contributed by atoms with Crippen LogP contribution in [0.15, 0.2) is 41.6 Å². The van der Waals surface area contributed by atoms with Gasteiger partial charge in [-0.2, -0.15) is 4.31 Å². The summed E-state index contributed by atoms with van der Waals surface area (Å²) in [6.07, 6.45) is 2.90. The minimum absolute atomic E-state index is 0.144. The van der Waals surface area contributed by atoms with Gasteiger partial charge in [-0.05, 0) is 45.0 Å². The summed E-state index contributed by atoms with van der Waals surface area (Å²) in [5.74, 6) is -0.405. The van der Waals surface area contributed by atoms with Crippen molar-refractivity contribution in [2.24, 2.45) is 0 Å². The molecule has 8 heteroatoms. The maximum Gasteiger partial charge on any atom is 0.275 e. The number of aryl methyl sites for hydroxylation is 1. The molecule has 0 unspecified atom stereocenters. The van der Waals surface area contributed by atoms with Crippen molar-refractivity contribution in [3.63, 3.8) is 0 Å². The lowest BCUT2D eigenvalue weighted by Gasteiger charge is -2.21. The van der Waals surface area contributed by atoms with Crippen LogP contribution in [0, 0.1) is 6.92 Å². The Kier molecular flexibility index (Phi) is 5.30. The van der Waals surface area contributed by atoms with Crippen molar-refractivity contribution < 1.29 is 13.2 Å². The first-order valence-electron chi connectivity index (χ1n) is 7.40. The zero-order valence-corrected chi connectivity index (χ0v) is 14.8. The Morgan fingerprint density at radius 2 is 1.75 bits per heavy atom. The summed E-state index contributed by atoms with van der Waals surface area (Å²) < 4.78 is 26.1. The Bertz CT molecular complexity index is 815. The molecule has 0 aliphatic rings. The molecule has 0 aliphatic carbocycles. The van der Waals surface area contributed by atoms with Crippen molar-refractivity contribution in [2.45, 2.75) is 31.7 Å². The van der Waals surface area contributed by atoms with E-state index >= 15 is 0 Å². The molecule has 24 heavy (non-hydrogen) atoms. The largest absolute Gasteiger partial charge is 0.321 e. The molecule has 7 nitrogen and oxygen atoms in total. The highest BCUT2D eigenvalue weighted by atomic mass is 32.2. The summed E-state index contributed by atoms with van der Waals surface area (Å²) in [6, 6.07) is 5.87. The number of aromatic nitrogens is 2. The summed E-state index contributed by atoms with van der Waals surface area (Å²) in [5.41, 5.74) is 1.39. The van der Waals surface area contributed by atoms with Crippen LogP contribution in [0.3, 0.4) is 0 Å². The van der Waals surface area contributed by atoms with Crippen LogP contribution < -0.4 is 5.32 Å². The molecule has 2 aromatic rings. The maximum atomic E-state index is 12.4. The van der Waals surface area contributed by atoms with Gasteiger partial charge in [-0.3, -0.25) is 9.78 Å². The first-order valence-corrected chi connectivity index (χ1v) is 8.84. The number of hydrogen-bond donors (Lipinski definition) is 1. The molecule has 0 radical (unpaired) electrons. The summed E-state index contributed by atoms with van der Waals surface area (Å²) >= 11 is 0. The van der Waals surface area contributed by atoms with Crippen LogP contribution in [-0.2, 0) is 10.0 Å². The van der Waals surface area contributed by atoms with Crippen molar-refractivity contribution in [2.75, 3.05) is 12.4 Å². The predicted molar refractivity (Wildman–Crippen MR) is 91.2 cm³/mol. The molecular formula is C16H20N4O3S. The monoisotopic (exact) mass is 348 g/mol. The van der Waals surface area contributed by atoms with Crippen LogP contribution >= 0.6 is 0 Å². The van der Waals surface area contributed by atoms with Gasteiger partial charge in [0.25, 0.3) is 5.91 Å². The molecule has 0 aliphatic heterocycles. The molecule has 1 aromatic carbocycles. The van der Waals surface area contributed by atoms with Gasteiger partial charge in [0.2, 0.25) is 10.0 Å². The number of benzene rings is 1. The van der Waals surface area contributed by atoms with Gasteiger partial charge in [0.15, 0.2) is 0 Å². The van der Waals surface area contributed by atoms with Crippen molar-refractivity contribution in [1.82, 2.24) is 14.3 Å². The second-order valence-electron chi connectivity index (χ2n) is 5.64. The second-order valence-corrected chi connectivity index (χ2v) is 7.63. The number of carbonyl (C=O) groups excluding carboxylic acids is 1. The first-order chi connectivity index (χ1) is 11.2. The Morgan fingerprint density at radius 3 is 2.25 bits per heavy atom. The normalized spacial score (nSPS) is 11.8. The molecule has 128 valence electrons. The number of hydrogen-bond acceptors (Lipinski definition) is 5. The van der Waals surface area contributed by atoms with Gasteiger partial charge in [-0.15, -0.1) is 0 Å². The van der Waals surface area contributed by atoms with E-state index in [1.54, 1.807) is 32.9 Å². The SMILES string of the molecule is Cc1cnc(C(=O)Nc2ccc(S(=O)(=O)N(C)C(C)C)cc2)cn1. The van der Waals surface area contributed by atoms with Gasteiger partial charge in [-0.1, -0.05) is 0 Å². The van der Waals surface area contributed by atoms with E-state index in [1.807, 2.05) is 0 Å². The fourth-order valence-corrected chi connectivity index (χ4v) is 3.23. The van der Waals surface area contributed by atoms with Crippen LogP contribution in [0.5, 0.6) is 0 Å². The molecule has 1 amide bonds. The minimum atomic E-state index is -3.54. The summed E-state index contributed by atoms with van der Waals surface area (Å²) in [7, 11) is -2.01. The van der Waals surface area contributed by atoms with E-state index in [0.29, 0.717) is 5.69 Å². The van der Waals surface area contributed by atoms with E-state index in [9.17, 15) is 13.2 Å². The number of anilines is 1. The molecule has 1 N–H and O–H groups in total. The lowest BCUT2D eigenvalue weighted by molar-refractivity contribution is 0.102. The van der Waals surface area contributed by atoms with E-state index in [1.165, 1.54) is 35.9 Å². The lowest BCUT2D eigenvalue weighted by Crippen LogP contribution is -2.33. The summed E-state index contributed by atoms with van der Waals surface area (Å²) in [4.78, 5) is 20.3. The Hall–Kier alpha value is -2.32. The Balaban J connectivity index is 2.15. The molecular weight excluding hydrogens is 328 g/mol. The number of nitrogens with zero attached hydrogens (tertiary/aromatic N) is 3. The third kappa shape index (κ3) is 3.95. The van der Waals surface area contributed by atoms with Crippen molar-refractivity contribution in [3.8, 4) is 0 Å². The fourth-order valence-electron chi connectivity index (χ4n) is 1.86. The van der Waals surface area contributed by atoms with Gasteiger partial charge >= 0.3 is 0 Å². The smallest absolute Gasteiger partial charge is 0.275 e. The zero-order chi connectivity index (χ0) is 17.9. The summed E-state index contributed by atoms with van der Waals surface area (Å²) in [5, 5.41) is 2.66. The van der Waals surface area contributed by atoms with E-state index in [-0.39, 0.29) is 16.6 Å². The van der Waals surface area contributed by atoms with Gasteiger partial charge in [-0.25, -0.2) is 13.4 Å². The van der Waals surface area contributed by atoms with Crippen LogP contribution in [0.2, 0.25) is 0 Å². The Morgan fingerprint density at radius 1 is 1.12 bits per heavy atom. The molecule has 2 rings (SSSR count). The first kappa shape index (κ1) is 18.0. The molecule has 0 bridgehead atoms. The lowest BCUT2D eigenvalue weighted by atomic mass is 10.3. The van der Waals surface area contributed by atoms with E-state index in [2.05, 4.69) is 15.3 Å². The third-order valence-electron chi connectivity index (χ3n) is 3.53. The van der Waals surface area contributed by atoms with Gasteiger partial charge in [0.05, 0.1) is 16.8 Å². The molecule has 0 spiro atoms. The second kappa shape index (κ2) is 7.06. The Labute approximate surface area is 141 Å². The van der Waals surface area contributed by atoms with Crippen LogP contribution in [-0.4, -0.2) is 41.7 Å². The van der Waals surface area contributed by atoms with E-state index < -0.39 is 15.9 Å². The average molecular weight is 348 g/mol. The predicted octanol–water partition coefficient (Wildman–Crippen LogP) is 2.07. The van der Waals surface area contributed by atoms with Crippen LogP contribution in [0.4, 0.5) is 5.69 Å². The van der Waals surface area contributed by atoms with Crippen LogP contribution in [0.1, 0.15) is 30.0 Å². The minimum Gasteiger partial charge on any atom is -0.321 e. The molecule has 0 saturated heterocycles. The highest BCUT2D eigenvalue weighted by molar-refractivity contribution is 7.89. The number of nitrogens with one attached hydrogen (secondary N) is 1. The number of amides is 1. The fraction of sp³-hybridized carbons (Fsp3) is 0.312. The molecule has 1 heterocycles. The summed E-state index contributed by atoms with van der Waals surface area (Å²) in [6.45, 7) is 5.38. The molecule has 1 aromatic heterocycles. The van der Waals surface area contributed by atoms with Gasteiger partial charge < -0.3 is 5.32 Å². The van der Waals surface area contributed by atoms with Crippen molar-refractivity contribution >= 4 is 21.6 Å². The quantitative estimate of drug-likeness (QED) is 0.893. The number of carbonyl (C=O) groups is 1.